The zero-order chi connectivity index (χ0) is 30.0. The van der Waals surface area contributed by atoms with E-state index in [2.05, 4.69) is 23.8 Å². The van der Waals surface area contributed by atoms with Gasteiger partial charge < -0.3 is 24.4 Å². The van der Waals surface area contributed by atoms with Crippen molar-refractivity contribution in [3.05, 3.63) is 40.5 Å². The molecule has 2 aliphatic rings. The Morgan fingerprint density at radius 1 is 1.17 bits per heavy atom. The first kappa shape index (κ1) is 30.1. The molecule has 226 valence electrons. The van der Waals surface area contributed by atoms with Crippen LogP contribution in [0.25, 0.3) is 22.8 Å². The van der Waals surface area contributed by atoms with Gasteiger partial charge in [0.05, 0.1) is 35.8 Å². The standard InChI is InChI=1S/C31H41ClN6O4/c1-6-8-22(39)17-42-23-9-10-25(32)24(15-23)28-34-26(27-20(3)16-33-38(27)7-2)21(4)29(35-28)37-18-31(19-37)11-13-36(14-12-31)30(40)41-5/h9-10,15-16,22,39H,6-8,11-14,17-19H2,1-5H3/t22-/m1/s1. The van der Waals surface area contributed by atoms with E-state index in [0.717, 1.165) is 60.7 Å². The number of piperidine rings is 1. The van der Waals surface area contributed by atoms with Gasteiger partial charge in [0.2, 0.25) is 0 Å². The highest BCUT2D eigenvalue weighted by atomic mass is 35.5. The molecule has 1 N–H and O–H groups in total. The van der Waals surface area contributed by atoms with E-state index in [1.54, 1.807) is 17.0 Å². The average Bonchev–Trinajstić information content (AvgIpc) is 3.35. The number of methoxy groups -OCH3 is 1. The lowest BCUT2D eigenvalue weighted by molar-refractivity contribution is 0.0621. The molecule has 10 nitrogen and oxygen atoms in total. The molecule has 0 saturated carbocycles. The smallest absolute Gasteiger partial charge is 0.409 e. The normalized spacial score (nSPS) is 16.8. The van der Waals surface area contributed by atoms with Crippen molar-refractivity contribution in [2.75, 3.05) is 44.8 Å². The highest BCUT2D eigenvalue weighted by Crippen LogP contribution is 2.45. The van der Waals surface area contributed by atoms with Crippen LogP contribution in [0.1, 0.15) is 50.7 Å². The van der Waals surface area contributed by atoms with Crippen molar-refractivity contribution in [2.45, 2.75) is 66.0 Å². The summed E-state index contributed by atoms with van der Waals surface area (Å²) in [6.45, 7) is 12.3. The zero-order valence-corrected chi connectivity index (χ0v) is 25.9. The average molecular weight is 597 g/mol. The fourth-order valence-corrected chi connectivity index (χ4v) is 6.29. The van der Waals surface area contributed by atoms with Crippen LogP contribution in [0.2, 0.25) is 5.02 Å². The van der Waals surface area contributed by atoms with E-state index in [1.807, 2.05) is 30.8 Å². The molecule has 1 amide bonds. The van der Waals surface area contributed by atoms with Crippen molar-refractivity contribution in [1.29, 1.82) is 0 Å². The SMILES string of the molecule is CCC[C@@H](O)COc1ccc(Cl)c(-c2nc(-c3c(C)cnn3CC)c(C)c(N3CC4(CCN(C(=O)OC)CC4)C3)n2)c1. The van der Waals surface area contributed by atoms with Crippen LogP contribution in [0.15, 0.2) is 24.4 Å². The quantitative estimate of drug-likeness (QED) is 0.345. The number of aliphatic hydroxyl groups is 1. The number of halogens is 1. The van der Waals surface area contributed by atoms with E-state index in [1.165, 1.54) is 7.11 Å². The van der Waals surface area contributed by atoms with Crippen LogP contribution in [-0.4, -0.2) is 81.8 Å². The van der Waals surface area contributed by atoms with Crippen LogP contribution in [0.3, 0.4) is 0 Å². The van der Waals surface area contributed by atoms with E-state index in [0.29, 0.717) is 48.2 Å². The molecule has 1 atom stereocenters. The molecule has 0 bridgehead atoms. The number of aromatic nitrogens is 4. The van der Waals surface area contributed by atoms with Gasteiger partial charge >= 0.3 is 6.09 Å². The predicted molar refractivity (Wildman–Crippen MR) is 163 cm³/mol. The minimum Gasteiger partial charge on any atom is -0.491 e. The number of amides is 1. The number of hydrogen-bond donors (Lipinski definition) is 1. The van der Waals surface area contributed by atoms with E-state index in [9.17, 15) is 9.90 Å². The zero-order valence-electron chi connectivity index (χ0n) is 25.2. The number of anilines is 1. The Bertz CT molecular complexity index is 1430. The van der Waals surface area contributed by atoms with E-state index in [-0.39, 0.29) is 18.1 Å². The van der Waals surface area contributed by atoms with E-state index in [4.69, 9.17) is 31.0 Å². The Balaban J connectivity index is 1.49. The summed E-state index contributed by atoms with van der Waals surface area (Å²) in [6.07, 6.45) is 4.51. The Morgan fingerprint density at radius 3 is 2.57 bits per heavy atom. The summed E-state index contributed by atoms with van der Waals surface area (Å²) in [4.78, 5) is 26.3. The van der Waals surface area contributed by atoms with Crippen LogP contribution in [-0.2, 0) is 11.3 Å². The summed E-state index contributed by atoms with van der Waals surface area (Å²) >= 11 is 6.74. The first-order valence-electron chi connectivity index (χ1n) is 14.8. The van der Waals surface area contributed by atoms with Gasteiger partial charge in [-0.15, -0.1) is 0 Å². The monoisotopic (exact) mass is 596 g/mol. The van der Waals surface area contributed by atoms with Gasteiger partial charge in [-0.25, -0.2) is 14.8 Å². The second-order valence-corrected chi connectivity index (χ2v) is 12.0. The number of carbonyl (C=O) groups excluding carboxylic acids is 1. The lowest BCUT2D eigenvalue weighted by Crippen LogP contribution is -2.61. The highest BCUT2D eigenvalue weighted by Gasteiger charge is 2.46. The van der Waals surface area contributed by atoms with Crippen molar-refractivity contribution in [3.63, 3.8) is 0 Å². The molecule has 0 radical (unpaired) electrons. The van der Waals surface area contributed by atoms with Crippen LogP contribution >= 0.6 is 11.6 Å². The fourth-order valence-electron chi connectivity index (χ4n) is 6.09. The number of rotatable bonds is 9. The highest BCUT2D eigenvalue weighted by molar-refractivity contribution is 6.33. The van der Waals surface area contributed by atoms with Crippen LogP contribution in [0.5, 0.6) is 5.75 Å². The minimum absolute atomic E-state index is 0.147. The molecular formula is C31H41ClN6O4. The van der Waals surface area contributed by atoms with Gasteiger partial charge in [-0.2, -0.15) is 5.10 Å². The lowest BCUT2D eigenvalue weighted by atomic mass is 9.72. The fraction of sp³-hybridized carbons (Fsp3) is 0.548. The van der Waals surface area contributed by atoms with Gasteiger partial charge in [0.15, 0.2) is 5.82 Å². The van der Waals surface area contributed by atoms with E-state index >= 15 is 0 Å². The number of nitrogens with zero attached hydrogens (tertiary/aromatic N) is 6. The van der Waals surface area contributed by atoms with Crippen LogP contribution in [0.4, 0.5) is 10.6 Å². The van der Waals surface area contributed by atoms with Gasteiger partial charge in [0.25, 0.3) is 0 Å². The van der Waals surface area contributed by atoms with Gasteiger partial charge in [-0.05, 0) is 63.8 Å². The molecule has 1 spiro atoms. The Kier molecular flexibility index (Phi) is 8.94. The molecule has 11 heteroatoms. The first-order valence-corrected chi connectivity index (χ1v) is 15.2. The summed E-state index contributed by atoms with van der Waals surface area (Å²) in [7, 11) is 1.43. The lowest BCUT2D eigenvalue weighted by Gasteiger charge is -2.54. The summed E-state index contributed by atoms with van der Waals surface area (Å²) in [5.74, 6) is 1.99. The molecular weight excluding hydrogens is 556 g/mol. The number of aryl methyl sites for hydroxylation is 2. The van der Waals surface area contributed by atoms with Gasteiger partial charge in [0.1, 0.15) is 18.2 Å². The second-order valence-electron chi connectivity index (χ2n) is 11.5. The number of hydrogen-bond acceptors (Lipinski definition) is 8. The molecule has 3 aromatic rings. The van der Waals surface area contributed by atoms with Crippen LogP contribution in [0, 0.1) is 19.3 Å². The Morgan fingerprint density at radius 2 is 1.90 bits per heavy atom. The molecule has 4 heterocycles. The third-order valence-electron chi connectivity index (χ3n) is 8.52. The maximum Gasteiger partial charge on any atom is 0.409 e. The number of ether oxygens (including phenoxy) is 2. The molecule has 2 saturated heterocycles. The van der Waals surface area contributed by atoms with Gasteiger partial charge in [-0.1, -0.05) is 24.9 Å². The van der Waals surface area contributed by atoms with Crippen molar-refractivity contribution in [2.24, 2.45) is 5.41 Å². The van der Waals surface area contributed by atoms with Crippen molar-refractivity contribution in [1.82, 2.24) is 24.6 Å². The van der Waals surface area contributed by atoms with Crippen molar-refractivity contribution < 1.29 is 19.4 Å². The number of likely N-dealkylation sites (tertiary alicyclic amines) is 1. The number of carbonyl (C=O) groups is 1. The molecule has 2 aliphatic heterocycles. The maximum atomic E-state index is 12.0. The topological polar surface area (TPSA) is 106 Å². The molecule has 2 aromatic heterocycles. The third-order valence-corrected chi connectivity index (χ3v) is 8.85. The van der Waals surface area contributed by atoms with Gasteiger partial charge in [-0.3, -0.25) is 4.68 Å². The molecule has 2 fully saturated rings. The first-order chi connectivity index (χ1) is 20.2. The minimum atomic E-state index is -0.529. The van der Waals surface area contributed by atoms with Crippen LogP contribution < -0.4 is 9.64 Å². The Hall–Kier alpha value is -3.37. The summed E-state index contributed by atoms with van der Waals surface area (Å²) < 4.78 is 12.8. The largest absolute Gasteiger partial charge is 0.491 e. The summed E-state index contributed by atoms with van der Waals surface area (Å²) in [6, 6.07) is 5.44. The maximum absolute atomic E-state index is 12.0. The van der Waals surface area contributed by atoms with Crippen molar-refractivity contribution >= 4 is 23.5 Å². The number of aliphatic hydroxyl groups excluding tert-OH is 1. The van der Waals surface area contributed by atoms with E-state index < -0.39 is 6.10 Å². The summed E-state index contributed by atoms with van der Waals surface area (Å²) in [5.41, 5.74) is 4.64. The molecule has 0 aliphatic carbocycles. The predicted octanol–water partition coefficient (Wildman–Crippen LogP) is 5.51. The molecule has 5 rings (SSSR count). The molecule has 1 aromatic carbocycles. The summed E-state index contributed by atoms with van der Waals surface area (Å²) in [5, 5.41) is 15.3. The second kappa shape index (κ2) is 12.5. The van der Waals surface area contributed by atoms with Gasteiger partial charge in [0, 0.05) is 49.3 Å². The number of benzene rings is 1. The molecule has 0 unspecified atom stereocenters. The third kappa shape index (κ3) is 5.92. The molecule has 42 heavy (non-hydrogen) atoms. The van der Waals surface area contributed by atoms with Crippen molar-refractivity contribution in [3.8, 4) is 28.5 Å². The Labute approximate surface area is 252 Å².